The maximum Gasteiger partial charge on any atom is 0.243 e. The van der Waals surface area contributed by atoms with Gasteiger partial charge in [-0.1, -0.05) is 30.3 Å². The van der Waals surface area contributed by atoms with Gasteiger partial charge < -0.3 is 5.32 Å². The van der Waals surface area contributed by atoms with Gasteiger partial charge >= 0.3 is 0 Å². The summed E-state index contributed by atoms with van der Waals surface area (Å²) in [4.78, 5) is 16.3. The SMILES string of the molecule is CCN(CC(=O)NCCSc1n[nH]c(C)n1)S(=O)(=O)c1ccc(Cl)cc1. The largest absolute Gasteiger partial charge is 0.354 e. The van der Waals surface area contributed by atoms with Crippen LogP contribution in [-0.4, -0.2) is 59.2 Å². The molecule has 0 unspecified atom stereocenters. The summed E-state index contributed by atoms with van der Waals surface area (Å²) in [5, 5.41) is 10.5. The number of hydrogen-bond acceptors (Lipinski definition) is 6. The fourth-order valence-electron chi connectivity index (χ4n) is 2.06. The highest BCUT2D eigenvalue weighted by Crippen LogP contribution is 2.18. The predicted octanol–water partition coefficient (Wildman–Crippen LogP) is 1.69. The Balaban J connectivity index is 1.86. The molecule has 11 heteroatoms. The van der Waals surface area contributed by atoms with Crippen LogP contribution >= 0.6 is 23.4 Å². The van der Waals surface area contributed by atoms with Gasteiger partial charge in [0.05, 0.1) is 11.4 Å². The van der Waals surface area contributed by atoms with Gasteiger partial charge in [-0.2, -0.15) is 4.31 Å². The van der Waals surface area contributed by atoms with Crippen LogP contribution in [-0.2, 0) is 14.8 Å². The molecule has 0 radical (unpaired) electrons. The second kappa shape index (κ2) is 9.36. The summed E-state index contributed by atoms with van der Waals surface area (Å²) >= 11 is 7.19. The van der Waals surface area contributed by atoms with Crippen LogP contribution in [0.1, 0.15) is 12.7 Å². The standard InChI is InChI=1S/C15H20ClN5O3S2/c1-3-21(26(23,24)13-6-4-12(16)5-7-13)10-14(22)17-8-9-25-15-18-11(2)19-20-15/h4-7H,3,8-10H2,1-2H3,(H,17,22)(H,18,19,20). The van der Waals surface area contributed by atoms with E-state index < -0.39 is 10.0 Å². The summed E-state index contributed by atoms with van der Waals surface area (Å²) in [5.41, 5.74) is 0. The maximum atomic E-state index is 12.6. The molecule has 142 valence electrons. The summed E-state index contributed by atoms with van der Waals surface area (Å²) in [6.45, 7) is 3.81. The van der Waals surface area contributed by atoms with Gasteiger partial charge in [0.15, 0.2) is 0 Å². The maximum absolute atomic E-state index is 12.6. The predicted molar refractivity (Wildman–Crippen MR) is 101 cm³/mol. The number of amides is 1. The van der Waals surface area contributed by atoms with Gasteiger partial charge in [-0.05, 0) is 31.2 Å². The van der Waals surface area contributed by atoms with Crippen LogP contribution in [0.5, 0.6) is 0 Å². The van der Waals surface area contributed by atoms with Crippen molar-refractivity contribution in [2.24, 2.45) is 0 Å². The number of sulfonamides is 1. The number of carbonyl (C=O) groups excluding carboxylic acids is 1. The Hall–Kier alpha value is -1.62. The summed E-state index contributed by atoms with van der Waals surface area (Å²) in [6, 6.07) is 5.86. The van der Waals surface area contributed by atoms with Gasteiger partial charge in [0.2, 0.25) is 21.1 Å². The molecule has 0 aliphatic rings. The van der Waals surface area contributed by atoms with Crippen molar-refractivity contribution < 1.29 is 13.2 Å². The third-order valence-electron chi connectivity index (χ3n) is 3.36. The molecule has 1 amide bonds. The van der Waals surface area contributed by atoms with E-state index in [0.29, 0.717) is 22.5 Å². The lowest BCUT2D eigenvalue weighted by Gasteiger charge is -2.20. The minimum absolute atomic E-state index is 0.104. The number of likely N-dealkylation sites (N-methyl/N-ethyl adjacent to an activating group) is 1. The second-order valence-corrected chi connectivity index (χ2v) is 8.72. The van der Waals surface area contributed by atoms with Crippen molar-refractivity contribution >= 4 is 39.3 Å². The Labute approximate surface area is 161 Å². The molecule has 1 heterocycles. The number of benzene rings is 1. The molecule has 0 aliphatic carbocycles. The average Bonchev–Trinajstić information content (AvgIpc) is 3.02. The number of nitrogens with one attached hydrogen (secondary N) is 2. The van der Waals surface area contributed by atoms with Crippen LogP contribution < -0.4 is 5.32 Å². The van der Waals surface area contributed by atoms with Gasteiger partial charge in [0.1, 0.15) is 5.82 Å². The molecule has 0 saturated heterocycles. The molecule has 2 rings (SSSR count). The van der Waals surface area contributed by atoms with Crippen LogP contribution in [0.2, 0.25) is 5.02 Å². The first-order chi connectivity index (χ1) is 12.3. The zero-order valence-corrected chi connectivity index (χ0v) is 16.8. The quantitative estimate of drug-likeness (QED) is 0.474. The number of rotatable bonds is 9. The molecule has 8 nitrogen and oxygen atoms in total. The Morgan fingerprint density at radius 2 is 2.04 bits per heavy atom. The van der Waals surface area contributed by atoms with E-state index in [1.165, 1.54) is 36.0 Å². The normalized spacial score (nSPS) is 11.7. The van der Waals surface area contributed by atoms with E-state index in [2.05, 4.69) is 20.5 Å². The number of nitrogens with zero attached hydrogens (tertiary/aromatic N) is 3. The van der Waals surface area contributed by atoms with Crippen LogP contribution in [0, 0.1) is 6.92 Å². The van der Waals surface area contributed by atoms with Crippen molar-refractivity contribution in [1.82, 2.24) is 24.8 Å². The summed E-state index contributed by atoms with van der Waals surface area (Å²) in [6.07, 6.45) is 0. The number of halogens is 1. The molecule has 0 saturated carbocycles. The molecule has 0 atom stereocenters. The smallest absolute Gasteiger partial charge is 0.243 e. The van der Waals surface area contributed by atoms with Crippen molar-refractivity contribution in [3.63, 3.8) is 0 Å². The van der Waals surface area contributed by atoms with Crippen molar-refractivity contribution in [2.45, 2.75) is 23.9 Å². The fourth-order valence-corrected chi connectivity index (χ4v) is 4.29. The van der Waals surface area contributed by atoms with Crippen LogP contribution in [0.15, 0.2) is 34.3 Å². The summed E-state index contributed by atoms with van der Waals surface area (Å²) in [7, 11) is -3.75. The fraction of sp³-hybridized carbons (Fsp3) is 0.400. The topological polar surface area (TPSA) is 108 Å². The monoisotopic (exact) mass is 417 g/mol. The lowest BCUT2D eigenvalue weighted by Crippen LogP contribution is -2.41. The third kappa shape index (κ3) is 5.70. The van der Waals surface area contributed by atoms with E-state index in [-0.39, 0.29) is 23.9 Å². The van der Waals surface area contributed by atoms with Gasteiger partial charge in [-0.15, -0.1) is 5.10 Å². The highest BCUT2D eigenvalue weighted by molar-refractivity contribution is 7.99. The van der Waals surface area contributed by atoms with Gasteiger partial charge in [0, 0.05) is 23.9 Å². The molecule has 0 spiro atoms. The molecule has 1 aromatic carbocycles. The molecule has 2 N–H and O–H groups in total. The number of carbonyl (C=O) groups is 1. The van der Waals surface area contributed by atoms with Gasteiger partial charge in [-0.3, -0.25) is 9.89 Å². The molecule has 0 bridgehead atoms. The van der Waals surface area contributed by atoms with Crippen molar-refractivity contribution in [2.75, 3.05) is 25.4 Å². The molecular formula is C15H20ClN5O3S2. The van der Waals surface area contributed by atoms with Crippen LogP contribution in [0.25, 0.3) is 0 Å². The Morgan fingerprint density at radius 1 is 1.35 bits per heavy atom. The number of hydrogen-bond donors (Lipinski definition) is 2. The molecule has 1 aromatic heterocycles. The van der Waals surface area contributed by atoms with Crippen molar-refractivity contribution in [1.29, 1.82) is 0 Å². The van der Waals surface area contributed by atoms with E-state index in [1.807, 2.05) is 0 Å². The average molecular weight is 418 g/mol. The minimum Gasteiger partial charge on any atom is -0.354 e. The van der Waals surface area contributed by atoms with Crippen molar-refractivity contribution in [3.8, 4) is 0 Å². The molecule has 0 fully saturated rings. The lowest BCUT2D eigenvalue weighted by molar-refractivity contribution is -0.121. The number of aryl methyl sites for hydroxylation is 1. The van der Waals surface area contributed by atoms with Crippen LogP contribution in [0.3, 0.4) is 0 Å². The van der Waals surface area contributed by atoms with E-state index in [4.69, 9.17) is 11.6 Å². The Kier molecular flexibility index (Phi) is 7.44. The zero-order chi connectivity index (χ0) is 19.2. The van der Waals surface area contributed by atoms with E-state index >= 15 is 0 Å². The first-order valence-corrected chi connectivity index (χ1v) is 10.7. The van der Waals surface area contributed by atoms with Crippen molar-refractivity contribution in [3.05, 3.63) is 35.1 Å². The van der Waals surface area contributed by atoms with E-state index in [1.54, 1.807) is 13.8 Å². The highest BCUT2D eigenvalue weighted by Gasteiger charge is 2.25. The number of thioether (sulfide) groups is 1. The third-order valence-corrected chi connectivity index (χ3v) is 6.39. The van der Waals surface area contributed by atoms with E-state index in [9.17, 15) is 13.2 Å². The highest BCUT2D eigenvalue weighted by atomic mass is 35.5. The van der Waals surface area contributed by atoms with Crippen LogP contribution in [0.4, 0.5) is 0 Å². The first-order valence-electron chi connectivity index (χ1n) is 7.87. The lowest BCUT2D eigenvalue weighted by atomic mass is 10.4. The molecular weight excluding hydrogens is 398 g/mol. The molecule has 26 heavy (non-hydrogen) atoms. The molecule has 2 aromatic rings. The van der Waals surface area contributed by atoms with Gasteiger partial charge in [-0.25, -0.2) is 13.4 Å². The Bertz CT molecular complexity index is 839. The number of aromatic nitrogens is 3. The molecule has 0 aliphatic heterocycles. The zero-order valence-electron chi connectivity index (χ0n) is 14.4. The minimum atomic E-state index is -3.75. The second-order valence-electron chi connectivity index (χ2n) is 5.29. The number of H-pyrrole nitrogens is 1. The van der Waals surface area contributed by atoms with E-state index in [0.717, 1.165) is 10.1 Å². The summed E-state index contributed by atoms with van der Waals surface area (Å²) < 4.78 is 26.3. The Morgan fingerprint density at radius 3 is 2.62 bits per heavy atom. The number of aromatic amines is 1. The first kappa shape index (κ1) is 20.7. The summed E-state index contributed by atoms with van der Waals surface area (Å²) in [5.74, 6) is 0.942. The van der Waals surface area contributed by atoms with Gasteiger partial charge in [0.25, 0.3) is 0 Å².